The molecule has 0 atom stereocenters. The number of nitrogens with zero attached hydrogens (tertiary/aromatic N) is 2. The smallest absolute Gasteiger partial charge is 0.0451 e. The van der Waals surface area contributed by atoms with Gasteiger partial charge in [-0.1, -0.05) is 42.6 Å². The van der Waals surface area contributed by atoms with Gasteiger partial charge in [-0.2, -0.15) is 0 Å². The zero-order valence-corrected chi connectivity index (χ0v) is 15.1. The topological polar surface area (TPSA) is 6.48 Å². The van der Waals surface area contributed by atoms with Gasteiger partial charge >= 0.3 is 0 Å². The Balaban J connectivity index is 1.37. The van der Waals surface area contributed by atoms with Gasteiger partial charge in [-0.05, 0) is 82.4 Å². The van der Waals surface area contributed by atoms with Crippen molar-refractivity contribution in [1.29, 1.82) is 0 Å². The zero-order chi connectivity index (χ0) is 15.9. The lowest BCUT2D eigenvalue weighted by Gasteiger charge is -2.33. The molecular formula is C20H31ClN2. The van der Waals surface area contributed by atoms with E-state index in [1.165, 1.54) is 83.2 Å². The van der Waals surface area contributed by atoms with Crippen LogP contribution in [0.3, 0.4) is 0 Å². The van der Waals surface area contributed by atoms with Crippen molar-refractivity contribution in [2.45, 2.75) is 51.5 Å². The van der Waals surface area contributed by atoms with E-state index in [-0.39, 0.29) is 0 Å². The summed E-state index contributed by atoms with van der Waals surface area (Å²) in [6.45, 7) is 7.48. The van der Waals surface area contributed by atoms with Gasteiger partial charge < -0.3 is 4.90 Å². The molecule has 2 saturated heterocycles. The molecule has 2 heterocycles. The number of halogens is 1. The number of benzene rings is 1. The van der Waals surface area contributed by atoms with Crippen LogP contribution in [-0.4, -0.2) is 42.5 Å². The van der Waals surface area contributed by atoms with E-state index in [0.29, 0.717) is 0 Å². The summed E-state index contributed by atoms with van der Waals surface area (Å²) in [5.74, 6) is 0.931. The molecule has 2 fully saturated rings. The van der Waals surface area contributed by atoms with Crippen LogP contribution in [0.25, 0.3) is 0 Å². The molecule has 0 aliphatic carbocycles. The lowest BCUT2D eigenvalue weighted by atomic mass is 9.93. The van der Waals surface area contributed by atoms with Crippen LogP contribution in [0, 0.1) is 5.92 Å². The second-order valence-corrected chi connectivity index (χ2v) is 7.76. The monoisotopic (exact) mass is 334 g/mol. The molecule has 1 aromatic rings. The SMILES string of the molecule is Clc1ccccc1CN1CCC(CCN2CCCCCC2)CC1. The summed E-state index contributed by atoms with van der Waals surface area (Å²) in [5.41, 5.74) is 1.28. The van der Waals surface area contributed by atoms with E-state index < -0.39 is 0 Å². The highest BCUT2D eigenvalue weighted by atomic mass is 35.5. The van der Waals surface area contributed by atoms with Gasteiger partial charge in [0.1, 0.15) is 0 Å². The molecule has 2 aliphatic rings. The molecule has 0 saturated carbocycles. The minimum absolute atomic E-state index is 0.913. The summed E-state index contributed by atoms with van der Waals surface area (Å²) in [4.78, 5) is 5.28. The normalized spacial score (nSPS) is 22.1. The summed E-state index contributed by atoms with van der Waals surface area (Å²) >= 11 is 6.29. The minimum atomic E-state index is 0.913. The van der Waals surface area contributed by atoms with Crippen molar-refractivity contribution in [1.82, 2.24) is 9.80 Å². The quantitative estimate of drug-likeness (QED) is 0.761. The number of hydrogen-bond donors (Lipinski definition) is 0. The first kappa shape index (κ1) is 17.3. The van der Waals surface area contributed by atoms with Crippen molar-refractivity contribution in [2.75, 3.05) is 32.7 Å². The maximum atomic E-state index is 6.29. The molecule has 3 rings (SSSR count). The zero-order valence-electron chi connectivity index (χ0n) is 14.4. The Hall–Kier alpha value is -0.570. The van der Waals surface area contributed by atoms with E-state index in [1.807, 2.05) is 12.1 Å². The fourth-order valence-corrected chi connectivity index (χ4v) is 4.22. The summed E-state index contributed by atoms with van der Waals surface area (Å²) < 4.78 is 0. The van der Waals surface area contributed by atoms with Gasteiger partial charge in [0.15, 0.2) is 0 Å². The largest absolute Gasteiger partial charge is 0.303 e. The molecule has 23 heavy (non-hydrogen) atoms. The van der Waals surface area contributed by atoms with Crippen LogP contribution in [0.5, 0.6) is 0 Å². The standard InChI is InChI=1S/C20H31ClN2/c21-20-8-4-3-7-19(20)17-23-15-10-18(11-16-23)9-14-22-12-5-1-2-6-13-22/h3-4,7-8,18H,1-2,5-6,9-17H2. The molecular weight excluding hydrogens is 304 g/mol. The van der Waals surface area contributed by atoms with Gasteiger partial charge in [-0.15, -0.1) is 0 Å². The number of rotatable bonds is 5. The third kappa shape index (κ3) is 5.48. The highest BCUT2D eigenvalue weighted by Crippen LogP contribution is 2.24. The van der Waals surface area contributed by atoms with Crippen LogP contribution >= 0.6 is 11.6 Å². The molecule has 0 amide bonds. The molecule has 128 valence electrons. The average molecular weight is 335 g/mol. The Morgan fingerprint density at radius 2 is 1.57 bits per heavy atom. The average Bonchev–Trinajstić information content (AvgIpc) is 2.85. The second kappa shape index (κ2) is 9.05. The van der Waals surface area contributed by atoms with E-state index in [0.717, 1.165) is 17.5 Å². The Kier molecular flexibility index (Phi) is 6.79. The van der Waals surface area contributed by atoms with Crippen LogP contribution in [0.15, 0.2) is 24.3 Å². The van der Waals surface area contributed by atoms with E-state index in [1.54, 1.807) is 0 Å². The maximum absolute atomic E-state index is 6.29. The van der Waals surface area contributed by atoms with Crippen LogP contribution in [0.2, 0.25) is 5.02 Å². The lowest BCUT2D eigenvalue weighted by Crippen LogP contribution is -2.35. The van der Waals surface area contributed by atoms with Crippen molar-refractivity contribution < 1.29 is 0 Å². The predicted molar refractivity (Wildman–Crippen MR) is 99.0 cm³/mol. The van der Waals surface area contributed by atoms with Crippen molar-refractivity contribution in [2.24, 2.45) is 5.92 Å². The first-order valence-electron chi connectivity index (χ1n) is 9.49. The Bertz CT molecular complexity index is 460. The molecule has 3 heteroatoms. The van der Waals surface area contributed by atoms with Crippen molar-refractivity contribution >= 4 is 11.6 Å². The van der Waals surface area contributed by atoms with Gasteiger partial charge in [0.05, 0.1) is 0 Å². The van der Waals surface area contributed by atoms with Crippen LogP contribution in [0.1, 0.15) is 50.5 Å². The fraction of sp³-hybridized carbons (Fsp3) is 0.700. The molecule has 1 aromatic carbocycles. The Morgan fingerprint density at radius 3 is 2.26 bits per heavy atom. The third-order valence-corrected chi connectivity index (χ3v) is 5.98. The summed E-state index contributed by atoms with van der Waals surface area (Å²) in [6.07, 6.45) is 9.83. The molecule has 2 aliphatic heterocycles. The van der Waals surface area contributed by atoms with E-state index in [9.17, 15) is 0 Å². The number of hydrogen-bond acceptors (Lipinski definition) is 2. The summed E-state index contributed by atoms with van der Waals surface area (Å²) in [5, 5.41) is 0.913. The van der Waals surface area contributed by atoms with Gasteiger partial charge in [0.25, 0.3) is 0 Å². The van der Waals surface area contributed by atoms with Gasteiger partial charge in [0.2, 0.25) is 0 Å². The predicted octanol–water partition coefficient (Wildman–Crippen LogP) is 4.82. The fourth-order valence-electron chi connectivity index (χ4n) is 4.03. The molecule has 2 nitrogen and oxygen atoms in total. The summed E-state index contributed by atoms with van der Waals surface area (Å²) in [6, 6.07) is 8.27. The van der Waals surface area contributed by atoms with E-state index >= 15 is 0 Å². The number of piperidine rings is 1. The molecule has 0 aromatic heterocycles. The molecule has 0 N–H and O–H groups in total. The molecule has 0 spiro atoms. The van der Waals surface area contributed by atoms with Crippen LogP contribution < -0.4 is 0 Å². The van der Waals surface area contributed by atoms with Crippen molar-refractivity contribution in [3.63, 3.8) is 0 Å². The van der Waals surface area contributed by atoms with Crippen LogP contribution in [-0.2, 0) is 6.54 Å². The second-order valence-electron chi connectivity index (χ2n) is 7.36. The molecule has 0 unspecified atom stereocenters. The number of likely N-dealkylation sites (tertiary alicyclic amines) is 2. The highest BCUT2D eigenvalue weighted by Gasteiger charge is 2.20. The van der Waals surface area contributed by atoms with Crippen LogP contribution in [0.4, 0.5) is 0 Å². The Labute approximate surface area is 146 Å². The van der Waals surface area contributed by atoms with Crippen molar-refractivity contribution in [3.05, 3.63) is 34.9 Å². The van der Waals surface area contributed by atoms with Gasteiger partial charge in [-0.3, -0.25) is 4.90 Å². The Morgan fingerprint density at radius 1 is 0.870 bits per heavy atom. The first-order chi connectivity index (χ1) is 11.3. The maximum Gasteiger partial charge on any atom is 0.0451 e. The summed E-state index contributed by atoms with van der Waals surface area (Å²) in [7, 11) is 0. The third-order valence-electron chi connectivity index (χ3n) is 5.61. The highest BCUT2D eigenvalue weighted by molar-refractivity contribution is 6.31. The first-order valence-corrected chi connectivity index (χ1v) is 9.87. The molecule has 0 bridgehead atoms. The minimum Gasteiger partial charge on any atom is -0.303 e. The van der Waals surface area contributed by atoms with Gasteiger partial charge in [0, 0.05) is 11.6 Å². The lowest BCUT2D eigenvalue weighted by molar-refractivity contribution is 0.159. The van der Waals surface area contributed by atoms with E-state index in [2.05, 4.69) is 21.9 Å². The van der Waals surface area contributed by atoms with E-state index in [4.69, 9.17) is 11.6 Å². The van der Waals surface area contributed by atoms with Gasteiger partial charge in [-0.25, -0.2) is 0 Å². The van der Waals surface area contributed by atoms with Crippen molar-refractivity contribution in [3.8, 4) is 0 Å². The molecule has 0 radical (unpaired) electrons.